The molecule has 78 valence electrons. The van der Waals surface area contributed by atoms with E-state index in [1.807, 2.05) is 6.08 Å². The molecule has 0 aromatic rings. The summed E-state index contributed by atoms with van der Waals surface area (Å²) in [7, 11) is 0. The van der Waals surface area contributed by atoms with E-state index >= 15 is 0 Å². The molecule has 1 N–H and O–H groups in total. The van der Waals surface area contributed by atoms with Crippen molar-refractivity contribution in [1.82, 2.24) is 10.2 Å². The Kier molecular flexibility index (Phi) is 3.21. The van der Waals surface area contributed by atoms with E-state index in [0.29, 0.717) is 0 Å². The molecule has 14 heavy (non-hydrogen) atoms. The summed E-state index contributed by atoms with van der Waals surface area (Å²) in [6.45, 7) is 2.69. The van der Waals surface area contributed by atoms with Crippen LogP contribution in [-0.4, -0.2) is 36.1 Å². The van der Waals surface area contributed by atoms with Gasteiger partial charge in [0.15, 0.2) is 0 Å². The molecule has 2 rings (SSSR count). The highest BCUT2D eigenvalue weighted by molar-refractivity contribution is 6.20. The first kappa shape index (κ1) is 10.1. The second kappa shape index (κ2) is 4.43. The minimum absolute atomic E-state index is 0.0213. The summed E-state index contributed by atoms with van der Waals surface area (Å²) in [5.74, 6) is -0.137. The number of nitrogens with one attached hydrogen (secondary N) is 1. The molecule has 0 radical (unpaired) electrons. The van der Waals surface area contributed by atoms with Gasteiger partial charge in [-0.25, -0.2) is 4.39 Å². The van der Waals surface area contributed by atoms with Gasteiger partial charge in [-0.1, -0.05) is 6.08 Å². The van der Waals surface area contributed by atoms with Gasteiger partial charge < -0.3 is 5.32 Å². The van der Waals surface area contributed by atoms with E-state index in [-0.39, 0.29) is 17.4 Å². The first-order valence-electron chi connectivity index (χ1n) is 4.92. The van der Waals surface area contributed by atoms with Crippen LogP contribution in [0.4, 0.5) is 4.39 Å². The Balaban J connectivity index is 1.98. The highest BCUT2D eigenvalue weighted by atomic mass is 35.5. The summed E-state index contributed by atoms with van der Waals surface area (Å²) < 4.78 is 12.7. The Morgan fingerprint density at radius 3 is 3.07 bits per heavy atom. The highest BCUT2D eigenvalue weighted by Gasteiger charge is 2.26. The molecule has 0 aromatic heterocycles. The van der Waals surface area contributed by atoms with Gasteiger partial charge in [-0.3, -0.25) is 4.90 Å². The zero-order chi connectivity index (χ0) is 9.97. The first-order chi connectivity index (χ1) is 6.77. The molecule has 2 unspecified atom stereocenters. The number of alkyl halides is 1. The standard InChI is InChI=1S/C10H14ClFN2/c11-10-7-13-5-6-14(10)9-3-1-8(12)2-4-9/h1-3,9-10,13H,4-7H2. The van der Waals surface area contributed by atoms with Crippen molar-refractivity contribution in [3.8, 4) is 0 Å². The van der Waals surface area contributed by atoms with Gasteiger partial charge in [0.2, 0.25) is 0 Å². The van der Waals surface area contributed by atoms with Crippen LogP contribution < -0.4 is 5.32 Å². The fourth-order valence-corrected chi connectivity index (χ4v) is 2.24. The van der Waals surface area contributed by atoms with Crippen molar-refractivity contribution >= 4 is 11.6 Å². The Morgan fingerprint density at radius 2 is 2.43 bits per heavy atom. The summed E-state index contributed by atoms with van der Waals surface area (Å²) in [5, 5.41) is 3.23. The van der Waals surface area contributed by atoms with E-state index in [1.54, 1.807) is 6.08 Å². The lowest BCUT2D eigenvalue weighted by Gasteiger charge is -2.37. The van der Waals surface area contributed by atoms with Crippen LogP contribution in [0.1, 0.15) is 6.42 Å². The van der Waals surface area contributed by atoms with Gasteiger partial charge in [-0.2, -0.15) is 0 Å². The number of piperazine rings is 1. The molecule has 1 saturated heterocycles. The summed E-state index contributed by atoms with van der Waals surface area (Å²) in [6.07, 6.45) is 5.78. The number of hydrogen-bond acceptors (Lipinski definition) is 2. The molecule has 0 bridgehead atoms. The van der Waals surface area contributed by atoms with Crippen LogP contribution in [0.3, 0.4) is 0 Å². The van der Waals surface area contributed by atoms with E-state index < -0.39 is 0 Å². The van der Waals surface area contributed by atoms with Crippen LogP contribution in [-0.2, 0) is 0 Å². The number of halogens is 2. The lowest BCUT2D eigenvalue weighted by Crippen LogP contribution is -2.52. The van der Waals surface area contributed by atoms with Gasteiger partial charge in [0.1, 0.15) is 5.83 Å². The van der Waals surface area contributed by atoms with Crippen LogP contribution in [0.5, 0.6) is 0 Å². The lowest BCUT2D eigenvalue weighted by atomic mass is 10.1. The van der Waals surface area contributed by atoms with Gasteiger partial charge in [0.05, 0.1) is 5.50 Å². The lowest BCUT2D eigenvalue weighted by molar-refractivity contribution is 0.176. The number of hydrogen-bond donors (Lipinski definition) is 1. The maximum atomic E-state index is 12.7. The quantitative estimate of drug-likeness (QED) is 0.530. The molecular formula is C10H14ClFN2. The first-order valence-corrected chi connectivity index (χ1v) is 5.35. The predicted molar refractivity (Wildman–Crippen MR) is 56.0 cm³/mol. The Bertz CT molecular complexity index is 265. The van der Waals surface area contributed by atoms with E-state index in [1.165, 1.54) is 6.08 Å². The van der Waals surface area contributed by atoms with Crippen LogP contribution >= 0.6 is 11.6 Å². The monoisotopic (exact) mass is 216 g/mol. The van der Waals surface area contributed by atoms with Gasteiger partial charge >= 0.3 is 0 Å². The summed E-state index contributed by atoms with van der Waals surface area (Å²) >= 11 is 6.17. The van der Waals surface area contributed by atoms with E-state index in [2.05, 4.69) is 10.2 Å². The molecule has 1 aliphatic carbocycles. The molecule has 2 aliphatic rings. The molecular weight excluding hydrogens is 203 g/mol. The van der Waals surface area contributed by atoms with Crippen molar-refractivity contribution in [1.29, 1.82) is 0 Å². The van der Waals surface area contributed by atoms with Crippen molar-refractivity contribution < 1.29 is 4.39 Å². The van der Waals surface area contributed by atoms with Crippen LogP contribution in [0.15, 0.2) is 24.1 Å². The maximum absolute atomic E-state index is 12.7. The minimum atomic E-state index is -0.137. The molecule has 0 saturated carbocycles. The largest absolute Gasteiger partial charge is 0.313 e. The fourth-order valence-electron chi connectivity index (χ4n) is 1.89. The van der Waals surface area contributed by atoms with Crippen LogP contribution in [0.25, 0.3) is 0 Å². The smallest absolute Gasteiger partial charge is 0.119 e. The normalized spacial score (nSPS) is 34.3. The Hall–Kier alpha value is -0.380. The third-order valence-electron chi connectivity index (χ3n) is 2.68. The molecule has 0 aromatic carbocycles. The van der Waals surface area contributed by atoms with Gasteiger partial charge in [0, 0.05) is 25.7 Å². The Labute approximate surface area is 88.4 Å². The second-order valence-corrected chi connectivity index (χ2v) is 4.13. The van der Waals surface area contributed by atoms with E-state index in [4.69, 9.17) is 11.6 Å². The molecule has 2 atom stereocenters. The maximum Gasteiger partial charge on any atom is 0.119 e. The van der Waals surface area contributed by atoms with Gasteiger partial charge in [0.25, 0.3) is 0 Å². The van der Waals surface area contributed by atoms with Crippen molar-refractivity contribution in [3.63, 3.8) is 0 Å². The van der Waals surface area contributed by atoms with Crippen molar-refractivity contribution in [2.75, 3.05) is 19.6 Å². The van der Waals surface area contributed by atoms with Crippen molar-refractivity contribution in [2.45, 2.75) is 18.0 Å². The number of allylic oxidation sites excluding steroid dienone is 2. The van der Waals surface area contributed by atoms with Gasteiger partial charge in [-0.15, -0.1) is 11.6 Å². The zero-order valence-corrected chi connectivity index (χ0v) is 8.67. The van der Waals surface area contributed by atoms with E-state index in [9.17, 15) is 4.39 Å². The van der Waals surface area contributed by atoms with E-state index in [0.717, 1.165) is 26.1 Å². The average Bonchev–Trinajstić information content (AvgIpc) is 2.20. The third-order valence-corrected chi connectivity index (χ3v) is 3.08. The second-order valence-electron chi connectivity index (χ2n) is 3.63. The van der Waals surface area contributed by atoms with Crippen LogP contribution in [0.2, 0.25) is 0 Å². The molecule has 1 fully saturated rings. The molecule has 2 nitrogen and oxygen atoms in total. The summed E-state index contributed by atoms with van der Waals surface area (Å²) in [4.78, 5) is 2.21. The van der Waals surface area contributed by atoms with Crippen LogP contribution in [0, 0.1) is 0 Å². The number of nitrogens with zero attached hydrogens (tertiary/aromatic N) is 1. The molecule has 0 spiro atoms. The average molecular weight is 217 g/mol. The minimum Gasteiger partial charge on any atom is -0.313 e. The third kappa shape index (κ3) is 2.16. The Morgan fingerprint density at radius 1 is 1.57 bits per heavy atom. The topological polar surface area (TPSA) is 15.3 Å². The SMILES string of the molecule is FC1=CCC(N2CCNCC2Cl)C=C1. The molecule has 1 aliphatic heterocycles. The van der Waals surface area contributed by atoms with Gasteiger partial charge in [-0.05, 0) is 18.6 Å². The predicted octanol–water partition coefficient (Wildman–Crippen LogP) is 1.64. The molecule has 4 heteroatoms. The highest BCUT2D eigenvalue weighted by Crippen LogP contribution is 2.20. The molecule has 1 heterocycles. The molecule has 0 amide bonds. The summed E-state index contributed by atoms with van der Waals surface area (Å²) in [6, 6.07) is 0.263. The zero-order valence-electron chi connectivity index (χ0n) is 7.92. The van der Waals surface area contributed by atoms with Crippen molar-refractivity contribution in [3.05, 3.63) is 24.1 Å². The number of rotatable bonds is 1. The van der Waals surface area contributed by atoms with Crippen molar-refractivity contribution in [2.24, 2.45) is 0 Å². The summed E-state index contributed by atoms with van der Waals surface area (Å²) in [5.41, 5.74) is 0.0213. The fraction of sp³-hybridized carbons (Fsp3) is 0.600.